The van der Waals surface area contributed by atoms with Gasteiger partial charge in [0, 0.05) is 46.6 Å². The van der Waals surface area contributed by atoms with Crippen molar-refractivity contribution >= 4 is 22.8 Å². The van der Waals surface area contributed by atoms with Crippen molar-refractivity contribution in [2.45, 2.75) is 50.2 Å². The normalized spacial score (nSPS) is 17.0. The molecule has 1 aromatic carbocycles. The van der Waals surface area contributed by atoms with Crippen LogP contribution in [0.15, 0.2) is 29.2 Å². The number of hydrogen-bond donors (Lipinski definition) is 1. The van der Waals surface area contributed by atoms with Gasteiger partial charge in [0.05, 0.1) is 0 Å². The smallest absolute Gasteiger partial charge is 0.407 e. The van der Waals surface area contributed by atoms with Gasteiger partial charge >= 0.3 is 6.09 Å². The molecule has 1 fully saturated rings. The van der Waals surface area contributed by atoms with Gasteiger partial charge < -0.3 is 15.0 Å². The highest BCUT2D eigenvalue weighted by Gasteiger charge is 2.26. The summed E-state index contributed by atoms with van der Waals surface area (Å²) < 4.78 is 16.7. The molecule has 0 spiro atoms. The fraction of sp³-hybridized carbons (Fsp3) is 0.556. The molecule has 25 heavy (non-hydrogen) atoms. The molecule has 2 amide bonds. The van der Waals surface area contributed by atoms with E-state index >= 15 is 0 Å². The van der Waals surface area contributed by atoms with Crippen molar-refractivity contribution in [1.29, 1.82) is 0 Å². The van der Waals surface area contributed by atoms with E-state index in [0.717, 1.165) is 0 Å². The third-order valence-electron chi connectivity index (χ3n) is 3.94. The van der Waals surface area contributed by atoms with Gasteiger partial charge in [0.2, 0.25) is 0 Å². The summed E-state index contributed by atoms with van der Waals surface area (Å²) >= 11 is 0. The van der Waals surface area contributed by atoms with E-state index in [2.05, 4.69) is 5.32 Å². The molecule has 0 saturated carbocycles. The summed E-state index contributed by atoms with van der Waals surface area (Å²) in [5.74, 6) is -0.0378. The standard InChI is InChI=1S/C18H26N2O4S/c1-18(2,3)24-17(22)19-14-9-11-20(12-10-14)16(21)13-5-7-15(8-6-13)25(4)23/h5-8,14H,9-12H2,1-4H3,(H,19,22). The molecule has 1 aromatic rings. The number of piperidine rings is 1. The number of hydrogen-bond acceptors (Lipinski definition) is 4. The summed E-state index contributed by atoms with van der Waals surface area (Å²) in [6.07, 6.45) is 2.59. The second-order valence-electron chi connectivity index (χ2n) is 7.19. The minimum atomic E-state index is -1.05. The molecule has 0 aromatic heterocycles. The molecular weight excluding hydrogens is 340 g/mol. The number of carbonyl (C=O) groups excluding carboxylic acids is 2. The average molecular weight is 366 g/mol. The lowest BCUT2D eigenvalue weighted by Gasteiger charge is -2.33. The molecular formula is C18H26N2O4S. The number of rotatable bonds is 3. The zero-order valence-electron chi connectivity index (χ0n) is 15.2. The maximum atomic E-state index is 12.5. The van der Waals surface area contributed by atoms with Crippen molar-refractivity contribution in [1.82, 2.24) is 10.2 Å². The molecule has 0 aliphatic carbocycles. The summed E-state index contributed by atoms with van der Waals surface area (Å²) in [6, 6.07) is 6.89. The molecule has 1 unspecified atom stereocenters. The predicted molar refractivity (Wildman–Crippen MR) is 97.1 cm³/mol. The van der Waals surface area contributed by atoms with Gasteiger partial charge in [0.1, 0.15) is 5.60 Å². The van der Waals surface area contributed by atoms with E-state index in [1.165, 1.54) is 0 Å². The van der Waals surface area contributed by atoms with Crippen molar-refractivity contribution in [2.24, 2.45) is 0 Å². The number of ether oxygens (including phenoxy) is 1. The average Bonchev–Trinajstić information content (AvgIpc) is 2.53. The zero-order chi connectivity index (χ0) is 18.6. The van der Waals surface area contributed by atoms with Gasteiger partial charge in [0.25, 0.3) is 5.91 Å². The molecule has 6 nitrogen and oxygen atoms in total. The lowest BCUT2D eigenvalue weighted by atomic mass is 10.0. The molecule has 1 heterocycles. The minimum Gasteiger partial charge on any atom is -0.444 e. The lowest BCUT2D eigenvalue weighted by molar-refractivity contribution is 0.0473. The van der Waals surface area contributed by atoms with Crippen molar-refractivity contribution in [3.8, 4) is 0 Å². The van der Waals surface area contributed by atoms with E-state index in [9.17, 15) is 13.8 Å². The molecule has 2 rings (SSSR count). The highest BCUT2D eigenvalue weighted by molar-refractivity contribution is 7.84. The number of carbonyl (C=O) groups is 2. The summed E-state index contributed by atoms with van der Waals surface area (Å²) in [7, 11) is -1.05. The Morgan fingerprint density at radius 3 is 2.20 bits per heavy atom. The first-order chi connectivity index (χ1) is 11.7. The Morgan fingerprint density at radius 1 is 1.16 bits per heavy atom. The van der Waals surface area contributed by atoms with E-state index in [1.807, 2.05) is 20.8 Å². The van der Waals surface area contributed by atoms with E-state index in [0.29, 0.717) is 36.4 Å². The molecule has 0 bridgehead atoms. The van der Waals surface area contributed by atoms with Crippen LogP contribution in [0.1, 0.15) is 44.0 Å². The number of alkyl carbamates (subject to hydrolysis) is 1. The van der Waals surface area contributed by atoms with Gasteiger partial charge in [-0.3, -0.25) is 9.00 Å². The van der Waals surface area contributed by atoms with Crippen LogP contribution in [0.2, 0.25) is 0 Å². The highest BCUT2D eigenvalue weighted by Crippen LogP contribution is 2.16. The highest BCUT2D eigenvalue weighted by atomic mass is 32.2. The number of amides is 2. The Balaban J connectivity index is 1.86. The van der Waals surface area contributed by atoms with Gasteiger partial charge in [-0.25, -0.2) is 4.79 Å². The van der Waals surface area contributed by atoms with Crippen molar-refractivity contribution < 1.29 is 18.5 Å². The summed E-state index contributed by atoms with van der Waals surface area (Å²) in [6.45, 7) is 6.65. The van der Waals surface area contributed by atoms with E-state index in [-0.39, 0.29) is 11.9 Å². The zero-order valence-corrected chi connectivity index (χ0v) is 16.0. The summed E-state index contributed by atoms with van der Waals surface area (Å²) in [5, 5.41) is 2.86. The van der Waals surface area contributed by atoms with Gasteiger partial charge in [-0.1, -0.05) is 0 Å². The first-order valence-electron chi connectivity index (χ1n) is 8.38. The number of nitrogens with zero attached hydrogens (tertiary/aromatic N) is 1. The quantitative estimate of drug-likeness (QED) is 0.892. The van der Waals surface area contributed by atoms with Crippen LogP contribution in [0.5, 0.6) is 0 Å². The van der Waals surface area contributed by atoms with Crippen LogP contribution in [-0.4, -0.2) is 52.1 Å². The molecule has 138 valence electrons. The number of nitrogens with one attached hydrogen (secondary N) is 1. The Morgan fingerprint density at radius 2 is 1.72 bits per heavy atom. The topological polar surface area (TPSA) is 75.7 Å². The first kappa shape index (κ1) is 19.4. The predicted octanol–water partition coefficient (Wildman–Crippen LogP) is 2.55. The maximum absolute atomic E-state index is 12.5. The van der Waals surface area contributed by atoms with Crippen LogP contribution >= 0.6 is 0 Å². The van der Waals surface area contributed by atoms with Crippen molar-refractivity contribution in [2.75, 3.05) is 19.3 Å². The number of likely N-dealkylation sites (tertiary alicyclic amines) is 1. The fourth-order valence-electron chi connectivity index (χ4n) is 2.67. The molecule has 0 radical (unpaired) electrons. The van der Waals surface area contributed by atoms with Crippen molar-refractivity contribution in [3.63, 3.8) is 0 Å². The molecule has 1 aliphatic heterocycles. The summed E-state index contributed by atoms with van der Waals surface area (Å²) in [4.78, 5) is 26.8. The third kappa shape index (κ3) is 5.85. The van der Waals surface area contributed by atoms with Gasteiger partial charge in [-0.15, -0.1) is 0 Å². The maximum Gasteiger partial charge on any atom is 0.407 e. The minimum absolute atomic E-state index is 0.0174. The molecule has 1 atom stereocenters. The van der Waals surface area contributed by atoms with E-state index in [4.69, 9.17) is 4.74 Å². The summed E-state index contributed by atoms with van der Waals surface area (Å²) in [5.41, 5.74) is 0.0717. The monoisotopic (exact) mass is 366 g/mol. The molecule has 1 saturated heterocycles. The van der Waals surface area contributed by atoms with Gasteiger partial charge in [-0.05, 0) is 57.9 Å². The molecule has 1 N–H and O–H groups in total. The van der Waals surface area contributed by atoms with E-state index in [1.54, 1.807) is 35.4 Å². The van der Waals surface area contributed by atoms with Crippen molar-refractivity contribution in [3.05, 3.63) is 29.8 Å². The first-order valence-corrected chi connectivity index (χ1v) is 9.94. The van der Waals surface area contributed by atoms with Crippen LogP contribution in [-0.2, 0) is 15.5 Å². The van der Waals surface area contributed by atoms with Crippen LogP contribution in [0.4, 0.5) is 4.79 Å². The second-order valence-corrected chi connectivity index (χ2v) is 8.57. The van der Waals surface area contributed by atoms with Crippen LogP contribution < -0.4 is 5.32 Å². The lowest BCUT2D eigenvalue weighted by Crippen LogP contribution is -2.47. The van der Waals surface area contributed by atoms with Crippen LogP contribution in [0, 0.1) is 0 Å². The molecule has 7 heteroatoms. The number of benzene rings is 1. The fourth-order valence-corrected chi connectivity index (χ4v) is 3.19. The van der Waals surface area contributed by atoms with Gasteiger partial charge in [-0.2, -0.15) is 0 Å². The van der Waals surface area contributed by atoms with Crippen LogP contribution in [0.25, 0.3) is 0 Å². The Labute approximate surface area is 151 Å². The Bertz CT molecular complexity index is 644. The van der Waals surface area contributed by atoms with Gasteiger partial charge in [0.15, 0.2) is 0 Å². The Hall–Kier alpha value is -1.89. The SMILES string of the molecule is CS(=O)c1ccc(C(=O)N2CCC(NC(=O)OC(C)(C)C)CC2)cc1. The Kier molecular flexibility index (Phi) is 6.21. The largest absolute Gasteiger partial charge is 0.444 e. The third-order valence-corrected chi connectivity index (χ3v) is 4.87. The van der Waals surface area contributed by atoms with E-state index < -0.39 is 22.5 Å². The second kappa shape index (κ2) is 7.99. The molecule has 1 aliphatic rings. The van der Waals surface area contributed by atoms with Crippen LogP contribution in [0.3, 0.4) is 0 Å².